The van der Waals surface area contributed by atoms with Gasteiger partial charge in [-0.1, -0.05) is 36.7 Å². The Kier molecular flexibility index (Phi) is 4.17. The maximum atomic E-state index is 12.4. The SMILES string of the molecule is CC(C)(C)C(Br)Cc1nccc(C(F)(F)F)n1. The molecule has 0 amide bonds. The normalized spacial score (nSPS) is 14.8. The second-order valence-electron chi connectivity index (χ2n) is 4.89. The lowest BCUT2D eigenvalue weighted by Crippen LogP contribution is -2.24. The highest BCUT2D eigenvalue weighted by atomic mass is 79.9. The highest BCUT2D eigenvalue weighted by Gasteiger charge is 2.33. The Morgan fingerprint density at radius 2 is 1.88 bits per heavy atom. The summed E-state index contributed by atoms with van der Waals surface area (Å²) in [6.45, 7) is 6.00. The van der Waals surface area contributed by atoms with Crippen molar-refractivity contribution >= 4 is 15.9 Å². The molecule has 0 radical (unpaired) electrons. The minimum absolute atomic E-state index is 0.0264. The van der Waals surface area contributed by atoms with Crippen LogP contribution in [0.3, 0.4) is 0 Å². The van der Waals surface area contributed by atoms with Gasteiger partial charge in [0.2, 0.25) is 0 Å². The molecule has 0 saturated heterocycles. The molecule has 6 heteroatoms. The van der Waals surface area contributed by atoms with Gasteiger partial charge >= 0.3 is 6.18 Å². The Balaban J connectivity index is 2.87. The smallest absolute Gasteiger partial charge is 0.241 e. The molecule has 1 aromatic heterocycles. The van der Waals surface area contributed by atoms with E-state index in [1.54, 1.807) is 0 Å². The maximum Gasteiger partial charge on any atom is 0.433 e. The third-order valence-electron chi connectivity index (χ3n) is 2.30. The number of aromatic nitrogens is 2. The molecule has 0 bridgehead atoms. The van der Waals surface area contributed by atoms with Crippen molar-refractivity contribution in [3.05, 3.63) is 23.8 Å². The molecule has 2 nitrogen and oxygen atoms in total. The van der Waals surface area contributed by atoms with Gasteiger partial charge in [0.25, 0.3) is 0 Å². The highest BCUT2D eigenvalue weighted by Crippen LogP contribution is 2.30. The first kappa shape index (κ1) is 14.4. The molecule has 17 heavy (non-hydrogen) atoms. The molecule has 0 aliphatic carbocycles. The van der Waals surface area contributed by atoms with E-state index in [1.165, 1.54) is 0 Å². The van der Waals surface area contributed by atoms with Crippen LogP contribution in [0.4, 0.5) is 13.2 Å². The van der Waals surface area contributed by atoms with Crippen LogP contribution in [0.5, 0.6) is 0 Å². The van der Waals surface area contributed by atoms with Gasteiger partial charge in [0.15, 0.2) is 0 Å². The van der Waals surface area contributed by atoms with E-state index in [4.69, 9.17) is 0 Å². The molecule has 1 heterocycles. The second-order valence-corrected chi connectivity index (χ2v) is 6.00. The molecular formula is C11H14BrF3N2. The lowest BCUT2D eigenvalue weighted by atomic mass is 9.90. The Morgan fingerprint density at radius 3 is 2.35 bits per heavy atom. The van der Waals surface area contributed by atoms with E-state index in [-0.39, 0.29) is 16.1 Å². The van der Waals surface area contributed by atoms with Crippen molar-refractivity contribution in [2.24, 2.45) is 5.41 Å². The lowest BCUT2D eigenvalue weighted by molar-refractivity contribution is -0.141. The van der Waals surface area contributed by atoms with Gasteiger partial charge in [-0.15, -0.1) is 0 Å². The fourth-order valence-electron chi connectivity index (χ4n) is 1.12. The van der Waals surface area contributed by atoms with Crippen LogP contribution in [0, 0.1) is 5.41 Å². The van der Waals surface area contributed by atoms with E-state index in [1.807, 2.05) is 20.8 Å². The predicted molar refractivity (Wildman–Crippen MR) is 62.9 cm³/mol. The average molecular weight is 311 g/mol. The summed E-state index contributed by atoms with van der Waals surface area (Å²) < 4.78 is 37.3. The summed E-state index contributed by atoms with van der Waals surface area (Å²) in [5.74, 6) is 0.205. The minimum atomic E-state index is -4.42. The third kappa shape index (κ3) is 4.26. The van der Waals surface area contributed by atoms with Crippen LogP contribution >= 0.6 is 15.9 Å². The Hall–Kier alpha value is -0.650. The molecule has 0 aliphatic rings. The molecule has 0 aromatic carbocycles. The average Bonchev–Trinajstić information content (AvgIpc) is 2.15. The van der Waals surface area contributed by atoms with Crippen LogP contribution < -0.4 is 0 Å². The quantitative estimate of drug-likeness (QED) is 0.775. The first-order chi connectivity index (χ1) is 7.60. The van der Waals surface area contributed by atoms with Crippen molar-refractivity contribution < 1.29 is 13.2 Å². The molecular weight excluding hydrogens is 297 g/mol. The minimum Gasteiger partial charge on any atom is -0.241 e. The van der Waals surface area contributed by atoms with Gasteiger partial charge in [-0.2, -0.15) is 13.2 Å². The summed E-state index contributed by atoms with van der Waals surface area (Å²) in [6, 6.07) is 0.879. The first-order valence-corrected chi connectivity index (χ1v) is 6.05. The zero-order valence-corrected chi connectivity index (χ0v) is 11.4. The van der Waals surface area contributed by atoms with Crippen molar-refractivity contribution in [2.45, 2.75) is 38.2 Å². The number of nitrogens with zero attached hydrogens (tertiary/aromatic N) is 2. The second kappa shape index (κ2) is 4.92. The van der Waals surface area contributed by atoms with Crippen molar-refractivity contribution in [1.82, 2.24) is 9.97 Å². The lowest BCUT2D eigenvalue weighted by Gasteiger charge is -2.24. The van der Waals surface area contributed by atoms with Crippen molar-refractivity contribution in [3.8, 4) is 0 Å². The van der Waals surface area contributed by atoms with Gasteiger partial charge in [-0.05, 0) is 11.5 Å². The topological polar surface area (TPSA) is 25.8 Å². The van der Waals surface area contributed by atoms with Gasteiger partial charge in [-0.25, -0.2) is 9.97 Å². The zero-order valence-electron chi connectivity index (χ0n) is 9.85. The largest absolute Gasteiger partial charge is 0.433 e. The molecule has 0 N–H and O–H groups in total. The Labute approximate surface area is 107 Å². The van der Waals surface area contributed by atoms with Crippen LogP contribution in [-0.2, 0) is 12.6 Å². The van der Waals surface area contributed by atoms with Crippen LogP contribution in [0.25, 0.3) is 0 Å². The monoisotopic (exact) mass is 310 g/mol. The van der Waals surface area contributed by atoms with Crippen LogP contribution in [-0.4, -0.2) is 14.8 Å². The number of hydrogen-bond acceptors (Lipinski definition) is 2. The van der Waals surface area contributed by atoms with E-state index in [0.717, 1.165) is 12.3 Å². The van der Waals surface area contributed by atoms with E-state index in [2.05, 4.69) is 25.9 Å². The van der Waals surface area contributed by atoms with Gasteiger partial charge in [0.1, 0.15) is 11.5 Å². The summed E-state index contributed by atoms with van der Waals surface area (Å²) >= 11 is 3.45. The zero-order chi connectivity index (χ0) is 13.3. The third-order valence-corrected chi connectivity index (χ3v) is 3.99. The predicted octanol–water partition coefficient (Wildman–Crippen LogP) is 3.85. The fourth-order valence-corrected chi connectivity index (χ4v) is 1.41. The van der Waals surface area contributed by atoms with E-state index < -0.39 is 11.9 Å². The van der Waals surface area contributed by atoms with Gasteiger partial charge in [0, 0.05) is 17.4 Å². The van der Waals surface area contributed by atoms with Crippen molar-refractivity contribution in [1.29, 1.82) is 0 Å². The van der Waals surface area contributed by atoms with Crippen LogP contribution in [0.2, 0.25) is 0 Å². The van der Waals surface area contributed by atoms with Crippen LogP contribution in [0.15, 0.2) is 12.3 Å². The van der Waals surface area contributed by atoms with Crippen molar-refractivity contribution in [2.75, 3.05) is 0 Å². The van der Waals surface area contributed by atoms with E-state index in [0.29, 0.717) is 6.42 Å². The highest BCUT2D eigenvalue weighted by molar-refractivity contribution is 9.09. The number of rotatable bonds is 2. The first-order valence-electron chi connectivity index (χ1n) is 5.14. The summed E-state index contributed by atoms with van der Waals surface area (Å²) in [6.07, 6.45) is -2.90. The molecule has 0 aliphatic heterocycles. The molecule has 1 unspecified atom stereocenters. The van der Waals surface area contributed by atoms with Gasteiger partial charge in [-0.3, -0.25) is 0 Å². The summed E-state index contributed by atoms with van der Waals surface area (Å²) in [4.78, 5) is 7.42. The Bertz CT molecular complexity index is 385. The molecule has 1 atom stereocenters. The molecule has 0 fully saturated rings. The van der Waals surface area contributed by atoms with E-state index >= 15 is 0 Å². The molecule has 0 saturated carbocycles. The standard InChI is InChI=1S/C11H14BrF3N2/c1-10(2,3)7(12)6-9-16-5-4-8(17-9)11(13,14)15/h4-5,7H,6H2,1-3H3. The summed E-state index contributed by atoms with van der Waals surface area (Å²) in [7, 11) is 0. The van der Waals surface area contributed by atoms with Crippen LogP contribution in [0.1, 0.15) is 32.3 Å². The summed E-state index contributed by atoms with van der Waals surface area (Å²) in [5.41, 5.74) is -0.950. The molecule has 0 spiro atoms. The van der Waals surface area contributed by atoms with E-state index in [9.17, 15) is 13.2 Å². The molecule has 1 aromatic rings. The number of halogens is 4. The van der Waals surface area contributed by atoms with Crippen molar-refractivity contribution in [3.63, 3.8) is 0 Å². The molecule has 96 valence electrons. The fraction of sp³-hybridized carbons (Fsp3) is 0.636. The maximum absolute atomic E-state index is 12.4. The molecule has 1 rings (SSSR count). The van der Waals surface area contributed by atoms with Gasteiger partial charge in [0.05, 0.1) is 0 Å². The van der Waals surface area contributed by atoms with Gasteiger partial charge < -0.3 is 0 Å². The number of hydrogen-bond donors (Lipinski definition) is 0. The Morgan fingerprint density at radius 1 is 1.29 bits per heavy atom. The number of alkyl halides is 4. The summed E-state index contributed by atoms with van der Waals surface area (Å²) in [5, 5.41) is 0.